The van der Waals surface area contributed by atoms with Gasteiger partial charge in [-0.2, -0.15) is 5.10 Å². The summed E-state index contributed by atoms with van der Waals surface area (Å²) in [5, 5.41) is 16.3. The fraction of sp³-hybridized carbons (Fsp3) is 0.267. The maximum absolute atomic E-state index is 13.2. The average molecular weight is 547 g/mol. The number of hydrazone groups is 1. The molecule has 5 rings (SSSR count). The molecule has 1 unspecified atom stereocenters. The number of fused-ring (bicyclic) bond motifs is 1. The van der Waals surface area contributed by atoms with Crippen molar-refractivity contribution < 1.29 is 14.3 Å². The van der Waals surface area contributed by atoms with Gasteiger partial charge in [0, 0.05) is 42.6 Å². The molecule has 1 aliphatic rings. The van der Waals surface area contributed by atoms with E-state index in [1.807, 2.05) is 30.3 Å². The smallest absolute Gasteiger partial charge is 0.343 e. The number of benzene rings is 2. The predicted octanol–water partition coefficient (Wildman–Crippen LogP) is 5.11. The number of hydrogen-bond acceptors (Lipinski definition) is 7. The molecule has 0 radical (unpaired) electrons. The van der Waals surface area contributed by atoms with Crippen molar-refractivity contribution in [1.29, 1.82) is 0 Å². The second-order valence-electron chi connectivity index (χ2n) is 9.47. The molecular weight excluding hydrogens is 516 g/mol. The molecule has 9 heteroatoms. The molecular formula is C30H31ClN4O4. The van der Waals surface area contributed by atoms with Crippen LogP contribution < -0.4 is 11.1 Å². The zero-order valence-corrected chi connectivity index (χ0v) is 22.3. The van der Waals surface area contributed by atoms with Crippen LogP contribution in [0.15, 0.2) is 93.4 Å². The van der Waals surface area contributed by atoms with Crippen molar-refractivity contribution in [3.63, 3.8) is 0 Å². The highest BCUT2D eigenvalue weighted by Crippen LogP contribution is 2.36. The van der Waals surface area contributed by atoms with Crippen molar-refractivity contribution in [3.8, 4) is 5.75 Å². The molecule has 3 heterocycles. The van der Waals surface area contributed by atoms with E-state index in [1.54, 1.807) is 48.8 Å². The molecule has 2 aromatic carbocycles. The molecule has 1 amide bonds. The first-order valence-corrected chi connectivity index (χ1v) is 12.9. The van der Waals surface area contributed by atoms with Crippen LogP contribution in [0.2, 0.25) is 0 Å². The topological polar surface area (TPSA) is 108 Å². The first kappa shape index (κ1) is 28.0. The van der Waals surface area contributed by atoms with Crippen molar-refractivity contribution in [2.24, 2.45) is 5.10 Å². The predicted molar refractivity (Wildman–Crippen MR) is 154 cm³/mol. The number of aromatic hydroxyl groups is 1. The van der Waals surface area contributed by atoms with Crippen LogP contribution in [-0.4, -0.2) is 46.2 Å². The Morgan fingerprint density at radius 3 is 2.46 bits per heavy atom. The SMILES string of the molecule is Cl.O=C(N/N=C(/CCN1CCCC1)CC(c1ccccc1)c1c(O)c2ccccc2oc1=O)c1ccncc1. The van der Waals surface area contributed by atoms with Crippen LogP contribution >= 0.6 is 12.4 Å². The number of halogens is 1. The van der Waals surface area contributed by atoms with E-state index in [4.69, 9.17) is 4.42 Å². The molecule has 0 saturated carbocycles. The van der Waals surface area contributed by atoms with Gasteiger partial charge >= 0.3 is 5.63 Å². The molecule has 0 bridgehead atoms. The van der Waals surface area contributed by atoms with Gasteiger partial charge < -0.3 is 14.4 Å². The largest absolute Gasteiger partial charge is 0.507 e. The number of rotatable bonds is 9. The molecule has 8 nitrogen and oxygen atoms in total. The first-order valence-electron chi connectivity index (χ1n) is 12.9. The molecule has 4 aromatic rings. The monoisotopic (exact) mass is 546 g/mol. The van der Waals surface area contributed by atoms with E-state index in [0.717, 1.165) is 30.9 Å². The molecule has 1 aliphatic heterocycles. The second kappa shape index (κ2) is 13.2. The summed E-state index contributed by atoms with van der Waals surface area (Å²) in [6.07, 6.45) is 6.39. The van der Waals surface area contributed by atoms with Gasteiger partial charge in [-0.3, -0.25) is 9.78 Å². The number of para-hydroxylation sites is 1. The summed E-state index contributed by atoms with van der Waals surface area (Å²) >= 11 is 0. The number of carbonyl (C=O) groups is 1. The quantitative estimate of drug-likeness (QED) is 0.172. The number of pyridine rings is 1. The summed E-state index contributed by atoms with van der Waals surface area (Å²) in [7, 11) is 0. The summed E-state index contributed by atoms with van der Waals surface area (Å²) in [6, 6.07) is 19.7. The van der Waals surface area contributed by atoms with E-state index >= 15 is 0 Å². The number of likely N-dealkylation sites (tertiary alicyclic amines) is 1. The Hall–Kier alpha value is -4.01. The Balaban J connectivity index is 0.00000353. The average Bonchev–Trinajstić information content (AvgIpc) is 3.48. The van der Waals surface area contributed by atoms with Crippen molar-refractivity contribution >= 4 is 35.0 Å². The van der Waals surface area contributed by atoms with Gasteiger partial charge in [0.25, 0.3) is 5.91 Å². The van der Waals surface area contributed by atoms with E-state index in [-0.39, 0.29) is 29.6 Å². The third-order valence-corrected chi connectivity index (χ3v) is 6.98. The summed E-state index contributed by atoms with van der Waals surface area (Å²) in [5.74, 6) is -0.951. The van der Waals surface area contributed by atoms with Gasteiger partial charge in [0.1, 0.15) is 11.3 Å². The minimum absolute atomic E-state index is 0. The van der Waals surface area contributed by atoms with Gasteiger partial charge in [0.15, 0.2) is 0 Å². The Morgan fingerprint density at radius 2 is 1.72 bits per heavy atom. The lowest BCUT2D eigenvalue weighted by Crippen LogP contribution is -2.26. The molecule has 1 fully saturated rings. The van der Waals surface area contributed by atoms with Crippen molar-refractivity contribution in [3.05, 3.63) is 106 Å². The first-order chi connectivity index (χ1) is 18.6. The number of hydrogen-bond donors (Lipinski definition) is 2. The van der Waals surface area contributed by atoms with Crippen molar-refractivity contribution in [2.75, 3.05) is 19.6 Å². The Morgan fingerprint density at radius 1 is 1.03 bits per heavy atom. The third-order valence-electron chi connectivity index (χ3n) is 6.98. The van der Waals surface area contributed by atoms with Gasteiger partial charge in [-0.15, -0.1) is 12.4 Å². The lowest BCUT2D eigenvalue weighted by molar-refractivity contribution is 0.0954. The molecule has 2 aromatic heterocycles. The van der Waals surface area contributed by atoms with Crippen LogP contribution in [0, 0.1) is 0 Å². The van der Waals surface area contributed by atoms with Crippen LogP contribution in [0.1, 0.15) is 53.1 Å². The van der Waals surface area contributed by atoms with Crippen LogP contribution in [0.3, 0.4) is 0 Å². The summed E-state index contributed by atoms with van der Waals surface area (Å²) in [5.41, 5.74) is 4.63. The minimum atomic E-state index is -0.588. The van der Waals surface area contributed by atoms with Crippen LogP contribution in [0.5, 0.6) is 5.75 Å². The fourth-order valence-corrected chi connectivity index (χ4v) is 4.96. The molecule has 2 N–H and O–H groups in total. The summed E-state index contributed by atoms with van der Waals surface area (Å²) in [4.78, 5) is 32.3. The van der Waals surface area contributed by atoms with Crippen LogP contribution in [-0.2, 0) is 0 Å². The van der Waals surface area contributed by atoms with Crippen LogP contribution in [0.4, 0.5) is 0 Å². The van der Waals surface area contributed by atoms with Gasteiger partial charge in [0.2, 0.25) is 0 Å². The third kappa shape index (κ3) is 6.71. The standard InChI is InChI=1S/C30H30N4O4.ClH/c35-28-24-10-4-5-11-26(24)38-30(37)27(28)25(21-8-2-1-3-9-21)20-23(14-19-34-17-6-7-18-34)32-33-29(36)22-12-15-31-16-13-22;/h1-5,8-13,15-16,25,35H,6-7,14,17-20H2,(H,33,36);1H/b32-23-;. The molecule has 1 atom stereocenters. The fourth-order valence-electron chi connectivity index (χ4n) is 4.96. The van der Waals surface area contributed by atoms with Gasteiger partial charge in [0.05, 0.1) is 10.9 Å². The Kier molecular flexibility index (Phi) is 9.46. The van der Waals surface area contributed by atoms with Crippen molar-refractivity contribution in [2.45, 2.75) is 31.6 Å². The van der Waals surface area contributed by atoms with Crippen LogP contribution in [0.25, 0.3) is 11.0 Å². The maximum atomic E-state index is 13.2. The van der Waals surface area contributed by atoms with E-state index in [9.17, 15) is 14.7 Å². The van der Waals surface area contributed by atoms with Gasteiger partial charge in [-0.25, -0.2) is 10.2 Å². The Labute approximate surface area is 232 Å². The highest BCUT2D eigenvalue weighted by molar-refractivity contribution is 5.95. The van der Waals surface area contributed by atoms with E-state index in [2.05, 4.69) is 20.4 Å². The highest BCUT2D eigenvalue weighted by atomic mass is 35.5. The lowest BCUT2D eigenvalue weighted by atomic mass is 9.86. The van der Waals surface area contributed by atoms with Gasteiger partial charge in [-0.1, -0.05) is 42.5 Å². The van der Waals surface area contributed by atoms with Crippen molar-refractivity contribution in [1.82, 2.24) is 15.3 Å². The minimum Gasteiger partial charge on any atom is -0.507 e. The van der Waals surface area contributed by atoms with E-state index < -0.39 is 11.5 Å². The van der Waals surface area contributed by atoms with E-state index in [0.29, 0.717) is 29.4 Å². The number of nitrogens with zero attached hydrogens (tertiary/aromatic N) is 3. The lowest BCUT2D eigenvalue weighted by Gasteiger charge is -2.21. The number of nitrogens with one attached hydrogen (secondary N) is 1. The molecule has 0 spiro atoms. The molecule has 0 aliphatic carbocycles. The summed E-state index contributed by atoms with van der Waals surface area (Å²) < 4.78 is 5.62. The second-order valence-corrected chi connectivity index (χ2v) is 9.47. The Bertz CT molecular complexity index is 1490. The molecule has 39 heavy (non-hydrogen) atoms. The summed E-state index contributed by atoms with van der Waals surface area (Å²) in [6.45, 7) is 2.87. The highest BCUT2D eigenvalue weighted by Gasteiger charge is 2.27. The molecule has 202 valence electrons. The zero-order chi connectivity index (χ0) is 26.3. The van der Waals surface area contributed by atoms with Gasteiger partial charge in [-0.05, 0) is 62.2 Å². The maximum Gasteiger partial charge on any atom is 0.343 e. The zero-order valence-electron chi connectivity index (χ0n) is 21.5. The number of aromatic nitrogens is 1. The number of carbonyl (C=O) groups excluding carboxylic acids is 1. The molecule has 1 saturated heterocycles. The normalized spacial score (nSPS) is 14.6. The van der Waals surface area contributed by atoms with E-state index in [1.165, 1.54) is 12.8 Å². The number of amides is 1.